The third kappa shape index (κ3) is 4.73. The van der Waals surface area contributed by atoms with Crippen molar-refractivity contribution in [2.24, 2.45) is 0 Å². The van der Waals surface area contributed by atoms with E-state index in [1.807, 2.05) is 0 Å². The molecule has 2 heterocycles. The van der Waals surface area contributed by atoms with E-state index < -0.39 is 22.6 Å². The van der Waals surface area contributed by atoms with Crippen molar-refractivity contribution in [2.75, 3.05) is 11.8 Å². The van der Waals surface area contributed by atoms with Gasteiger partial charge in [-0.15, -0.1) is 0 Å². The molecule has 0 spiro atoms. The van der Waals surface area contributed by atoms with Gasteiger partial charge in [0.2, 0.25) is 5.95 Å². The first-order valence-corrected chi connectivity index (χ1v) is 12.0. The van der Waals surface area contributed by atoms with E-state index in [1.165, 1.54) is 25.6 Å². The molecular formula is C25H16ClF2N5O2S. The monoisotopic (exact) mass is 523 g/mol. The molecule has 11 heteroatoms. The summed E-state index contributed by atoms with van der Waals surface area (Å²) < 4.78 is 48.7. The van der Waals surface area contributed by atoms with Gasteiger partial charge in [-0.3, -0.25) is 4.72 Å². The molecule has 0 amide bonds. The summed E-state index contributed by atoms with van der Waals surface area (Å²) in [7, 11) is -0.145. The molecule has 5 aromatic rings. The molecule has 3 aromatic carbocycles. The van der Waals surface area contributed by atoms with Gasteiger partial charge in [-0.1, -0.05) is 11.6 Å². The third-order valence-electron chi connectivity index (χ3n) is 5.29. The van der Waals surface area contributed by atoms with Gasteiger partial charge in [-0.05, 0) is 54.1 Å². The quantitative estimate of drug-likeness (QED) is 0.301. The molecule has 5 rings (SSSR count). The van der Waals surface area contributed by atoms with Crippen LogP contribution in [-0.2, 0) is 11.0 Å². The second-order valence-electron chi connectivity index (χ2n) is 7.53. The fraction of sp³-hybridized carbons (Fsp3) is 0.0400. The highest BCUT2D eigenvalue weighted by molar-refractivity contribution is 7.86. The normalized spacial score (nSPS) is 11.9. The van der Waals surface area contributed by atoms with Gasteiger partial charge in [0.05, 0.1) is 23.2 Å². The summed E-state index contributed by atoms with van der Waals surface area (Å²) in [6.45, 7) is 0. The van der Waals surface area contributed by atoms with Crippen molar-refractivity contribution in [2.45, 2.75) is 4.90 Å². The summed E-state index contributed by atoms with van der Waals surface area (Å²) in [5.74, 6) is -0.800. The van der Waals surface area contributed by atoms with Crippen molar-refractivity contribution in [1.82, 2.24) is 19.9 Å². The molecule has 180 valence electrons. The van der Waals surface area contributed by atoms with Gasteiger partial charge in [0.25, 0.3) is 0 Å². The predicted octanol–water partition coefficient (Wildman–Crippen LogP) is 5.83. The number of ether oxygens (including phenoxy) is 1. The lowest BCUT2D eigenvalue weighted by Gasteiger charge is -2.14. The first kappa shape index (κ1) is 23.7. The van der Waals surface area contributed by atoms with Crippen LogP contribution in [0.15, 0.2) is 78.2 Å². The number of fused-ring (bicyclic) bond motifs is 1. The molecule has 1 unspecified atom stereocenters. The predicted molar refractivity (Wildman–Crippen MR) is 134 cm³/mol. The van der Waals surface area contributed by atoms with Crippen LogP contribution in [0, 0.1) is 11.6 Å². The van der Waals surface area contributed by atoms with Crippen LogP contribution in [0.4, 0.5) is 14.7 Å². The van der Waals surface area contributed by atoms with E-state index >= 15 is 0 Å². The number of benzene rings is 3. The number of nitrogens with zero attached hydrogens (tertiary/aromatic N) is 4. The topological polar surface area (TPSA) is 89.9 Å². The molecule has 0 aliphatic carbocycles. The lowest BCUT2D eigenvalue weighted by atomic mass is 9.99. The van der Waals surface area contributed by atoms with Crippen LogP contribution in [0.1, 0.15) is 0 Å². The average Bonchev–Trinajstić information content (AvgIpc) is 2.88. The molecule has 0 aliphatic rings. The van der Waals surface area contributed by atoms with Gasteiger partial charge in [-0.25, -0.2) is 32.9 Å². The van der Waals surface area contributed by atoms with Crippen LogP contribution < -0.4 is 9.46 Å². The highest BCUT2D eigenvalue weighted by atomic mass is 35.5. The minimum Gasteiger partial charge on any atom is -0.496 e. The number of halogens is 3. The third-order valence-corrected chi connectivity index (χ3v) is 6.65. The zero-order valence-corrected chi connectivity index (χ0v) is 20.1. The Morgan fingerprint density at radius 2 is 1.67 bits per heavy atom. The van der Waals surface area contributed by atoms with Gasteiger partial charge in [0.15, 0.2) is 11.0 Å². The van der Waals surface area contributed by atoms with E-state index in [-0.39, 0.29) is 16.5 Å². The van der Waals surface area contributed by atoms with Crippen LogP contribution >= 0.6 is 11.6 Å². The molecule has 0 radical (unpaired) electrons. The Kier molecular flexibility index (Phi) is 6.53. The van der Waals surface area contributed by atoms with Crippen molar-refractivity contribution in [3.05, 3.63) is 90.0 Å². The van der Waals surface area contributed by atoms with E-state index in [2.05, 4.69) is 24.7 Å². The fourth-order valence-corrected chi connectivity index (χ4v) is 4.77. The maximum Gasteiger partial charge on any atom is 0.234 e. The molecule has 1 atom stereocenters. The van der Waals surface area contributed by atoms with Crippen LogP contribution in [0.5, 0.6) is 5.75 Å². The summed E-state index contributed by atoms with van der Waals surface area (Å²) in [5, 5.41) is 0.917. The summed E-state index contributed by atoms with van der Waals surface area (Å²) in [4.78, 5) is 17.2. The number of rotatable bonds is 6. The van der Waals surface area contributed by atoms with Crippen molar-refractivity contribution in [3.8, 4) is 28.1 Å². The number of anilines is 1. The van der Waals surface area contributed by atoms with Gasteiger partial charge in [0.1, 0.15) is 23.7 Å². The van der Waals surface area contributed by atoms with Crippen molar-refractivity contribution >= 4 is 39.4 Å². The lowest BCUT2D eigenvalue weighted by molar-refractivity contribution is 0.416. The Labute approximate surface area is 211 Å². The minimum absolute atomic E-state index is 0.233. The zero-order valence-electron chi connectivity index (χ0n) is 18.6. The number of nitrogens with one attached hydrogen (secondary N) is 1. The second kappa shape index (κ2) is 9.92. The molecule has 36 heavy (non-hydrogen) atoms. The standard InChI is InChI=1S/C25H16ClF2N5O2S/c1-35-23-12-19(14-7-15(27)9-16(28)8-14)21(26)11-20(23)24-18-4-3-17(10-22(18)31-13-32-24)36(34)33-25-29-5-2-6-30-25/h2-13H,1H3,(H,29,30,33). The van der Waals surface area contributed by atoms with E-state index in [9.17, 15) is 13.0 Å². The molecule has 2 aromatic heterocycles. The SMILES string of the molecule is COc1cc(-c2cc(F)cc(F)c2)c(Cl)cc1-c1ncnc2cc(S(=O)Nc3ncccn3)ccc12. The molecule has 0 bridgehead atoms. The fourth-order valence-electron chi connectivity index (χ4n) is 3.70. The van der Waals surface area contributed by atoms with Crippen LogP contribution in [0.25, 0.3) is 33.3 Å². The Morgan fingerprint density at radius 3 is 2.39 bits per heavy atom. The molecule has 1 N–H and O–H groups in total. The lowest BCUT2D eigenvalue weighted by Crippen LogP contribution is -2.07. The number of hydrogen-bond donors (Lipinski definition) is 1. The number of methoxy groups -OCH3 is 1. The van der Waals surface area contributed by atoms with E-state index in [4.69, 9.17) is 16.3 Å². The Bertz CT molecular complexity index is 1600. The zero-order chi connectivity index (χ0) is 25.2. The summed E-state index contributed by atoms with van der Waals surface area (Å²) in [6.07, 6.45) is 4.46. The molecule has 7 nitrogen and oxygen atoms in total. The second-order valence-corrected chi connectivity index (χ2v) is 9.16. The van der Waals surface area contributed by atoms with Crippen LogP contribution in [-0.4, -0.2) is 31.3 Å². The highest BCUT2D eigenvalue weighted by Crippen LogP contribution is 2.40. The molecule has 0 saturated carbocycles. The van der Waals surface area contributed by atoms with Crippen molar-refractivity contribution < 1.29 is 17.7 Å². The van der Waals surface area contributed by atoms with Crippen molar-refractivity contribution in [1.29, 1.82) is 0 Å². The average molecular weight is 524 g/mol. The number of hydrogen-bond acceptors (Lipinski definition) is 6. The molecule has 0 saturated heterocycles. The summed E-state index contributed by atoms with van der Waals surface area (Å²) >= 11 is 6.54. The molecular weight excluding hydrogens is 508 g/mol. The van der Waals surface area contributed by atoms with Crippen molar-refractivity contribution in [3.63, 3.8) is 0 Å². The smallest absolute Gasteiger partial charge is 0.234 e. The maximum absolute atomic E-state index is 13.8. The number of aromatic nitrogens is 4. The Morgan fingerprint density at radius 1 is 0.917 bits per heavy atom. The summed E-state index contributed by atoms with van der Waals surface area (Å²) in [5.41, 5.74) is 2.29. The summed E-state index contributed by atoms with van der Waals surface area (Å²) in [6, 6.07) is 13.2. The Balaban J connectivity index is 1.56. The van der Waals surface area contributed by atoms with Crippen LogP contribution in [0.2, 0.25) is 5.02 Å². The molecule has 0 fully saturated rings. The van der Waals surface area contributed by atoms with Crippen LogP contribution in [0.3, 0.4) is 0 Å². The first-order chi connectivity index (χ1) is 17.4. The van der Waals surface area contributed by atoms with E-state index in [0.29, 0.717) is 38.4 Å². The Hall–Kier alpha value is -4.02. The largest absolute Gasteiger partial charge is 0.496 e. The van der Waals surface area contributed by atoms with Gasteiger partial charge in [0, 0.05) is 40.0 Å². The molecule has 0 aliphatic heterocycles. The van der Waals surface area contributed by atoms with Gasteiger partial charge >= 0.3 is 0 Å². The maximum atomic E-state index is 13.8. The minimum atomic E-state index is -1.62. The van der Waals surface area contributed by atoms with E-state index in [1.54, 1.807) is 48.8 Å². The van der Waals surface area contributed by atoms with E-state index in [0.717, 1.165) is 6.07 Å². The van der Waals surface area contributed by atoms with Gasteiger partial charge in [-0.2, -0.15) is 0 Å². The van der Waals surface area contributed by atoms with Gasteiger partial charge < -0.3 is 4.74 Å². The highest BCUT2D eigenvalue weighted by Gasteiger charge is 2.18. The first-order valence-electron chi connectivity index (χ1n) is 10.5.